The van der Waals surface area contributed by atoms with Crippen molar-refractivity contribution in [1.29, 1.82) is 0 Å². The number of non-ortho nitro benzene ring substituents is 1. The van der Waals surface area contributed by atoms with Gasteiger partial charge in [0.2, 0.25) is 5.91 Å². The quantitative estimate of drug-likeness (QED) is 0.517. The van der Waals surface area contributed by atoms with Crippen molar-refractivity contribution in [3.05, 3.63) is 64.0 Å². The average molecular weight is 320 g/mol. The molecule has 22 heavy (non-hydrogen) atoms. The third-order valence-corrected chi connectivity index (χ3v) is 3.94. The maximum absolute atomic E-state index is 13.4. The van der Waals surface area contributed by atoms with Gasteiger partial charge in [-0.3, -0.25) is 14.9 Å². The second kappa shape index (κ2) is 7.04. The summed E-state index contributed by atoms with van der Waals surface area (Å²) in [6.45, 7) is 1.67. The van der Waals surface area contributed by atoms with Gasteiger partial charge in [-0.1, -0.05) is 12.1 Å². The number of hydrogen-bond acceptors (Lipinski definition) is 4. The van der Waals surface area contributed by atoms with Crippen molar-refractivity contribution in [2.45, 2.75) is 11.8 Å². The van der Waals surface area contributed by atoms with E-state index >= 15 is 0 Å². The van der Waals surface area contributed by atoms with Gasteiger partial charge in [-0.15, -0.1) is 11.8 Å². The Morgan fingerprint density at radius 3 is 2.68 bits per heavy atom. The first-order valence-electron chi connectivity index (χ1n) is 6.39. The first-order chi connectivity index (χ1) is 10.5. The van der Waals surface area contributed by atoms with Gasteiger partial charge in [-0.25, -0.2) is 4.39 Å². The molecule has 0 spiro atoms. The Morgan fingerprint density at radius 1 is 1.32 bits per heavy atom. The lowest BCUT2D eigenvalue weighted by Crippen LogP contribution is -2.15. The van der Waals surface area contributed by atoms with E-state index < -0.39 is 4.92 Å². The molecule has 0 saturated heterocycles. The van der Waals surface area contributed by atoms with Crippen molar-refractivity contribution in [3.8, 4) is 0 Å². The largest absolute Gasteiger partial charge is 0.325 e. The van der Waals surface area contributed by atoms with Gasteiger partial charge in [-0.2, -0.15) is 0 Å². The summed E-state index contributed by atoms with van der Waals surface area (Å²) in [5.41, 5.74) is 1.07. The van der Waals surface area contributed by atoms with Crippen molar-refractivity contribution in [2.24, 2.45) is 0 Å². The van der Waals surface area contributed by atoms with E-state index in [1.54, 1.807) is 25.1 Å². The molecule has 2 aromatic rings. The number of aryl methyl sites for hydroxylation is 1. The molecule has 1 N–H and O–H groups in total. The summed E-state index contributed by atoms with van der Waals surface area (Å²) in [4.78, 5) is 22.4. The number of nitro benzene ring substituents is 1. The predicted molar refractivity (Wildman–Crippen MR) is 83.6 cm³/mol. The minimum absolute atomic E-state index is 0.0313. The van der Waals surface area contributed by atoms with Crippen LogP contribution in [0.5, 0.6) is 0 Å². The van der Waals surface area contributed by atoms with E-state index in [2.05, 4.69) is 5.32 Å². The zero-order chi connectivity index (χ0) is 16.1. The van der Waals surface area contributed by atoms with E-state index in [9.17, 15) is 19.3 Å². The van der Waals surface area contributed by atoms with E-state index in [4.69, 9.17) is 0 Å². The zero-order valence-electron chi connectivity index (χ0n) is 11.7. The number of carbonyl (C=O) groups excluding carboxylic acids is 1. The molecule has 0 aromatic heterocycles. The summed E-state index contributed by atoms with van der Waals surface area (Å²) in [6, 6.07) is 10.4. The van der Waals surface area contributed by atoms with Crippen LogP contribution in [0.15, 0.2) is 47.4 Å². The predicted octanol–water partition coefficient (Wildman–Crippen LogP) is 3.77. The molecule has 0 radical (unpaired) electrons. The van der Waals surface area contributed by atoms with Crippen molar-refractivity contribution >= 4 is 29.0 Å². The van der Waals surface area contributed by atoms with Crippen LogP contribution in [-0.2, 0) is 4.79 Å². The Morgan fingerprint density at radius 2 is 2.05 bits per heavy atom. The molecule has 0 unspecified atom stereocenters. The molecule has 0 bridgehead atoms. The molecule has 0 aliphatic heterocycles. The number of nitrogens with zero attached hydrogens (tertiary/aromatic N) is 1. The summed E-state index contributed by atoms with van der Waals surface area (Å²) < 4.78 is 13.4. The maximum atomic E-state index is 13.4. The number of benzene rings is 2. The number of nitro groups is 1. The Kier molecular flexibility index (Phi) is 5.11. The molecule has 0 atom stereocenters. The summed E-state index contributed by atoms with van der Waals surface area (Å²) in [7, 11) is 0. The Bertz CT molecular complexity index is 722. The molecule has 5 nitrogen and oxygen atoms in total. The molecule has 0 aliphatic carbocycles. The molecule has 0 heterocycles. The molecule has 0 saturated carbocycles. The Hall–Kier alpha value is -2.41. The minimum atomic E-state index is -0.493. The summed E-state index contributed by atoms with van der Waals surface area (Å²) in [6.07, 6.45) is 0. The zero-order valence-corrected chi connectivity index (χ0v) is 12.5. The van der Waals surface area contributed by atoms with E-state index in [1.807, 2.05) is 0 Å². The van der Waals surface area contributed by atoms with Gasteiger partial charge < -0.3 is 5.32 Å². The molecule has 7 heteroatoms. The molecule has 0 fully saturated rings. The molecule has 2 rings (SSSR count). The number of anilines is 1. The van der Waals surface area contributed by atoms with E-state index in [0.29, 0.717) is 16.1 Å². The van der Waals surface area contributed by atoms with Crippen molar-refractivity contribution < 1.29 is 14.1 Å². The minimum Gasteiger partial charge on any atom is -0.325 e. The average Bonchev–Trinajstić information content (AvgIpc) is 2.48. The van der Waals surface area contributed by atoms with Crippen LogP contribution < -0.4 is 5.32 Å². The van der Waals surface area contributed by atoms with Crippen LogP contribution in [0, 0.1) is 22.9 Å². The summed E-state index contributed by atoms with van der Waals surface area (Å²) >= 11 is 1.09. The first kappa shape index (κ1) is 16.0. The fourth-order valence-electron chi connectivity index (χ4n) is 1.79. The highest BCUT2D eigenvalue weighted by atomic mass is 32.2. The highest BCUT2D eigenvalue weighted by Crippen LogP contribution is 2.23. The molecule has 2 aromatic carbocycles. The highest BCUT2D eigenvalue weighted by molar-refractivity contribution is 8.00. The van der Waals surface area contributed by atoms with Gasteiger partial charge in [0.25, 0.3) is 5.69 Å². The monoisotopic (exact) mass is 320 g/mol. The third-order valence-electron chi connectivity index (χ3n) is 2.89. The Labute approximate surface area is 130 Å². The van der Waals surface area contributed by atoms with Crippen LogP contribution in [0.1, 0.15) is 5.56 Å². The fourth-order valence-corrected chi connectivity index (χ4v) is 2.53. The molecule has 114 valence electrons. The topological polar surface area (TPSA) is 72.2 Å². The normalized spacial score (nSPS) is 10.3. The van der Waals surface area contributed by atoms with Crippen LogP contribution >= 0.6 is 11.8 Å². The molecule has 0 aliphatic rings. The van der Waals surface area contributed by atoms with Gasteiger partial charge in [0, 0.05) is 22.7 Å². The molecular formula is C15H13FN2O3S. The lowest BCUT2D eigenvalue weighted by atomic mass is 10.2. The molecule has 1 amide bonds. The fraction of sp³-hybridized carbons (Fsp3) is 0.133. The van der Waals surface area contributed by atoms with Gasteiger partial charge >= 0.3 is 0 Å². The molecular weight excluding hydrogens is 307 g/mol. The first-order valence-corrected chi connectivity index (χ1v) is 7.38. The van der Waals surface area contributed by atoms with E-state index in [0.717, 1.165) is 11.8 Å². The third kappa shape index (κ3) is 4.05. The SMILES string of the molecule is Cc1cc([N+](=O)[O-])ccc1NC(=O)CSc1ccccc1F. The number of thioether (sulfide) groups is 1. The van der Waals surface area contributed by atoms with Crippen LogP contribution in [0.4, 0.5) is 15.8 Å². The second-order valence-electron chi connectivity index (χ2n) is 4.52. The van der Waals surface area contributed by atoms with Gasteiger partial charge in [-0.05, 0) is 30.7 Å². The van der Waals surface area contributed by atoms with Crippen LogP contribution in [0.2, 0.25) is 0 Å². The van der Waals surface area contributed by atoms with Crippen LogP contribution in [-0.4, -0.2) is 16.6 Å². The van der Waals surface area contributed by atoms with Gasteiger partial charge in [0.15, 0.2) is 0 Å². The highest BCUT2D eigenvalue weighted by Gasteiger charge is 2.11. The number of amides is 1. The lowest BCUT2D eigenvalue weighted by molar-refractivity contribution is -0.384. The smallest absolute Gasteiger partial charge is 0.269 e. The second-order valence-corrected chi connectivity index (χ2v) is 5.54. The Balaban J connectivity index is 1.98. The van der Waals surface area contributed by atoms with Crippen molar-refractivity contribution in [3.63, 3.8) is 0 Å². The lowest BCUT2D eigenvalue weighted by Gasteiger charge is -2.08. The summed E-state index contributed by atoms with van der Waals surface area (Å²) in [5, 5.41) is 13.3. The summed E-state index contributed by atoms with van der Waals surface area (Å²) in [5.74, 6) is -0.616. The van der Waals surface area contributed by atoms with E-state index in [1.165, 1.54) is 24.3 Å². The van der Waals surface area contributed by atoms with Crippen molar-refractivity contribution in [1.82, 2.24) is 0 Å². The van der Waals surface area contributed by atoms with Gasteiger partial charge in [0.1, 0.15) is 5.82 Å². The number of carbonyl (C=O) groups is 1. The number of halogens is 1. The van der Waals surface area contributed by atoms with Crippen LogP contribution in [0.25, 0.3) is 0 Å². The number of rotatable bonds is 5. The standard InChI is InChI=1S/C15H13FN2O3S/c1-10-8-11(18(20)21)6-7-13(10)17-15(19)9-22-14-5-3-2-4-12(14)16/h2-8H,9H2,1H3,(H,17,19). The van der Waals surface area contributed by atoms with E-state index in [-0.39, 0.29) is 23.2 Å². The van der Waals surface area contributed by atoms with Crippen LogP contribution in [0.3, 0.4) is 0 Å². The number of hydrogen-bond donors (Lipinski definition) is 1. The maximum Gasteiger partial charge on any atom is 0.269 e. The van der Waals surface area contributed by atoms with Crippen molar-refractivity contribution in [2.75, 3.05) is 11.1 Å². The van der Waals surface area contributed by atoms with Gasteiger partial charge in [0.05, 0.1) is 10.7 Å². The number of nitrogens with one attached hydrogen (secondary N) is 1.